The van der Waals surface area contributed by atoms with E-state index < -0.39 is 29.5 Å². The van der Waals surface area contributed by atoms with E-state index in [-0.39, 0.29) is 18.4 Å². The molecule has 33 heavy (non-hydrogen) atoms. The predicted molar refractivity (Wildman–Crippen MR) is 108 cm³/mol. The Balaban J connectivity index is 1.23. The average molecular weight is 450 g/mol. The second-order valence-corrected chi connectivity index (χ2v) is 8.30. The predicted octanol–water partition coefficient (Wildman–Crippen LogP) is 2.81. The van der Waals surface area contributed by atoms with Gasteiger partial charge in [0.15, 0.2) is 0 Å². The lowest BCUT2D eigenvalue weighted by molar-refractivity contribution is 0.0921. The highest BCUT2D eigenvalue weighted by molar-refractivity contribution is 5.90. The third-order valence-electron chi connectivity index (χ3n) is 6.66. The van der Waals surface area contributed by atoms with Crippen LogP contribution in [-0.4, -0.2) is 45.8 Å². The number of nitriles is 1. The molecule has 166 valence electrons. The zero-order valence-corrected chi connectivity index (χ0v) is 17.1. The summed E-state index contributed by atoms with van der Waals surface area (Å²) in [4.78, 5) is 18.0. The number of halogens is 2. The monoisotopic (exact) mass is 450 g/mol. The molecule has 9 nitrogen and oxygen atoms in total. The van der Waals surface area contributed by atoms with Crippen molar-refractivity contribution < 1.29 is 23.0 Å². The number of cyclic esters (lactones) is 1. The molecule has 11 heteroatoms. The van der Waals surface area contributed by atoms with Crippen LogP contribution in [0, 0.1) is 34.9 Å². The minimum atomic E-state index is -0.867. The molecule has 0 spiro atoms. The molecule has 2 aromatic heterocycles. The fourth-order valence-electron chi connectivity index (χ4n) is 4.85. The van der Waals surface area contributed by atoms with Crippen LogP contribution in [0.4, 0.5) is 19.3 Å². The largest absolute Gasteiger partial charge is 0.421 e. The van der Waals surface area contributed by atoms with Crippen LogP contribution in [0.1, 0.15) is 11.9 Å². The van der Waals surface area contributed by atoms with Crippen LogP contribution in [-0.2, 0) is 14.9 Å². The molecule has 6 rings (SSSR count). The molecule has 1 amide bonds. The highest BCUT2D eigenvalue weighted by Crippen LogP contribution is 2.62. The Morgan fingerprint density at radius 3 is 2.64 bits per heavy atom. The number of aromatic nitrogens is 4. The van der Waals surface area contributed by atoms with E-state index in [1.807, 2.05) is 0 Å². The number of carbonyl (C=O) groups is 1. The Labute approximate surface area is 186 Å². The summed E-state index contributed by atoms with van der Waals surface area (Å²) < 4.78 is 39.8. The molecule has 4 atom stereocenters. The van der Waals surface area contributed by atoms with Gasteiger partial charge in [0.2, 0.25) is 6.23 Å². The maximum atomic E-state index is 15.0. The Morgan fingerprint density at radius 1 is 1.18 bits per heavy atom. The maximum absolute atomic E-state index is 15.0. The standard InChI is InChI=1S/C22H16F2N6O3/c23-17-5-13(29-8-20(33-21(29)31)30-7-19(24)27-28-30)2-3-14(17)12-1-4-18(26-6-12)22(11-25)15-9-32-10-16(15)22/h1-7,15-16,20H,8-10H2/t15-,16+,20?,22+. The van der Waals surface area contributed by atoms with Crippen LogP contribution in [0.5, 0.6) is 0 Å². The summed E-state index contributed by atoms with van der Waals surface area (Å²) in [5.74, 6) is -1.01. The zero-order chi connectivity index (χ0) is 22.7. The molecule has 0 bridgehead atoms. The average Bonchev–Trinajstić information content (AvgIpc) is 3.30. The SMILES string of the molecule is N#C[C@]1(c2ccc(-c3ccc(N4CC(n5cc(F)nn5)OC4=O)cc3F)cn2)[C@@H]2COC[C@@H]21. The maximum Gasteiger partial charge on any atom is 0.416 e. The minimum Gasteiger partial charge on any atom is -0.421 e. The molecular formula is C22H16F2N6O3. The van der Waals surface area contributed by atoms with Crippen LogP contribution in [0.25, 0.3) is 11.1 Å². The fourth-order valence-corrected chi connectivity index (χ4v) is 4.85. The first-order valence-electron chi connectivity index (χ1n) is 10.3. The summed E-state index contributed by atoms with van der Waals surface area (Å²) in [5.41, 5.74) is 1.23. The Morgan fingerprint density at radius 2 is 2.00 bits per heavy atom. The Bertz CT molecular complexity index is 1290. The number of fused-ring (bicyclic) bond motifs is 1. The molecule has 2 saturated heterocycles. The number of carbonyl (C=O) groups excluding carboxylic acids is 1. The van der Waals surface area contributed by atoms with Crippen molar-refractivity contribution in [2.75, 3.05) is 24.7 Å². The first-order valence-corrected chi connectivity index (χ1v) is 10.3. The van der Waals surface area contributed by atoms with E-state index in [2.05, 4.69) is 21.4 Å². The van der Waals surface area contributed by atoms with Crippen molar-refractivity contribution in [2.45, 2.75) is 11.6 Å². The first-order chi connectivity index (χ1) is 16.0. The molecule has 4 heterocycles. The van der Waals surface area contributed by atoms with Gasteiger partial charge in [0.25, 0.3) is 5.95 Å². The van der Waals surface area contributed by atoms with E-state index in [1.54, 1.807) is 30.5 Å². The molecule has 3 aromatic rings. The summed E-state index contributed by atoms with van der Waals surface area (Å²) in [6, 6.07) is 10.3. The molecule has 0 radical (unpaired) electrons. The van der Waals surface area contributed by atoms with Gasteiger partial charge in [0.05, 0.1) is 43.4 Å². The van der Waals surface area contributed by atoms with Crippen LogP contribution < -0.4 is 4.90 Å². The van der Waals surface area contributed by atoms with Gasteiger partial charge >= 0.3 is 6.09 Å². The normalized spacial score (nSPS) is 27.8. The number of anilines is 1. The van der Waals surface area contributed by atoms with Crippen molar-refractivity contribution in [3.63, 3.8) is 0 Å². The van der Waals surface area contributed by atoms with E-state index in [0.29, 0.717) is 35.7 Å². The Hall–Kier alpha value is -3.91. The lowest BCUT2D eigenvalue weighted by Crippen LogP contribution is -2.24. The van der Waals surface area contributed by atoms with E-state index in [1.165, 1.54) is 11.0 Å². The van der Waals surface area contributed by atoms with E-state index in [4.69, 9.17) is 9.47 Å². The molecule has 1 aliphatic carbocycles. The quantitative estimate of drug-likeness (QED) is 0.602. The smallest absolute Gasteiger partial charge is 0.416 e. The molecule has 1 unspecified atom stereocenters. The van der Waals surface area contributed by atoms with Crippen molar-refractivity contribution in [3.05, 3.63) is 60.2 Å². The summed E-state index contributed by atoms with van der Waals surface area (Å²) >= 11 is 0. The fraction of sp³-hybridized carbons (Fsp3) is 0.318. The topological polar surface area (TPSA) is 106 Å². The summed E-state index contributed by atoms with van der Waals surface area (Å²) in [6.07, 6.45) is 1.00. The summed E-state index contributed by atoms with van der Waals surface area (Å²) in [5, 5.41) is 16.5. The van der Waals surface area contributed by atoms with E-state index >= 15 is 0 Å². The van der Waals surface area contributed by atoms with Crippen LogP contribution in [0.15, 0.2) is 42.7 Å². The van der Waals surface area contributed by atoms with Crippen LogP contribution >= 0.6 is 0 Å². The number of nitrogens with zero attached hydrogens (tertiary/aromatic N) is 6. The minimum absolute atomic E-state index is 0.0267. The zero-order valence-electron chi connectivity index (χ0n) is 17.1. The summed E-state index contributed by atoms with van der Waals surface area (Å²) in [6.45, 7) is 1.14. The summed E-state index contributed by atoms with van der Waals surface area (Å²) in [7, 11) is 0. The number of hydrogen-bond donors (Lipinski definition) is 0. The van der Waals surface area contributed by atoms with E-state index in [9.17, 15) is 18.8 Å². The highest BCUT2D eigenvalue weighted by atomic mass is 19.1. The van der Waals surface area contributed by atoms with Crippen LogP contribution in [0.2, 0.25) is 0 Å². The van der Waals surface area contributed by atoms with Crippen molar-refractivity contribution >= 4 is 11.8 Å². The van der Waals surface area contributed by atoms with Gasteiger partial charge in [0, 0.05) is 29.2 Å². The number of pyridine rings is 1. The molecular weight excluding hydrogens is 434 g/mol. The molecule has 2 aliphatic heterocycles. The van der Waals surface area contributed by atoms with Gasteiger partial charge in [-0.25, -0.2) is 13.9 Å². The van der Waals surface area contributed by atoms with Gasteiger partial charge in [-0.1, -0.05) is 16.4 Å². The van der Waals surface area contributed by atoms with E-state index in [0.717, 1.165) is 10.9 Å². The van der Waals surface area contributed by atoms with Crippen molar-refractivity contribution in [2.24, 2.45) is 11.8 Å². The van der Waals surface area contributed by atoms with Crippen molar-refractivity contribution in [3.8, 4) is 17.2 Å². The van der Waals surface area contributed by atoms with Gasteiger partial charge in [-0.3, -0.25) is 9.88 Å². The first kappa shape index (κ1) is 19.8. The molecule has 3 aliphatic rings. The molecule has 3 fully saturated rings. The van der Waals surface area contributed by atoms with Gasteiger partial charge in [-0.05, 0) is 24.3 Å². The van der Waals surface area contributed by atoms with Gasteiger partial charge in [-0.2, -0.15) is 9.65 Å². The van der Waals surface area contributed by atoms with Gasteiger partial charge in [-0.15, -0.1) is 0 Å². The highest BCUT2D eigenvalue weighted by Gasteiger charge is 2.70. The van der Waals surface area contributed by atoms with Crippen molar-refractivity contribution in [1.29, 1.82) is 5.26 Å². The second kappa shape index (κ2) is 7.05. The lowest BCUT2D eigenvalue weighted by Gasteiger charge is -2.15. The number of amides is 1. The number of hydrogen-bond acceptors (Lipinski definition) is 7. The van der Waals surface area contributed by atoms with Crippen molar-refractivity contribution in [1.82, 2.24) is 20.0 Å². The van der Waals surface area contributed by atoms with Crippen LogP contribution in [0.3, 0.4) is 0 Å². The number of rotatable bonds is 4. The molecule has 1 saturated carbocycles. The number of ether oxygens (including phenoxy) is 2. The second-order valence-electron chi connectivity index (χ2n) is 8.30. The lowest BCUT2D eigenvalue weighted by atomic mass is 9.96. The molecule has 1 aromatic carbocycles. The molecule has 0 N–H and O–H groups in total. The van der Waals surface area contributed by atoms with Gasteiger partial charge in [0.1, 0.15) is 11.2 Å². The third-order valence-corrected chi connectivity index (χ3v) is 6.66. The Kier molecular flexibility index (Phi) is 4.22. The number of benzene rings is 1. The third kappa shape index (κ3) is 2.91. The van der Waals surface area contributed by atoms with Gasteiger partial charge < -0.3 is 9.47 Å².